The second kappa shape index (κ2) is 9.56. The summed E-state index contributed by atoms with van der Waals surface area (Å²) >= 11 is 0. The maximum Gasteiger partial charge on any atom is 0.336 e. The van der Waals surface area contributed by atoms with Gasteiger partial charge in [0, 0.05) is 29.8 Å². The van der Waals surface area contributed by atoms with Crippen LogP contribution in [0.25, 0.3) is 0 Å². The number of nitrogens with zero attached hydrogens (tertiary/aromatic N) is 3. The molecule has 12 heteroatoms. The van der Waals surface area contributed by atoms with Crippen molar-refractivity contribution < 1.29 is 34.1 Å². The highest BCUT2D eigenvalue weighted by atomic mass is 16.6. The van der Waals surface area contributed by atoms with Crippen LogP contribution in [-0.4, -0.2) is 39.8 Å². The number of benzene rings is 3. The van der Waals surface area contributed by atoms with Gasteiger partial charge in [-0.1, -0.05) is 18.2 Å². The summed E-state index contributed by atoms with van der Waals surface area (Å²) in [5, 5.41) is 32.3. The maximum absolute atomic E-state index is 13.6. The zero-order chi connectivity index (χ0) is 25.0. The normalized spacial score (nSPS) is 10.3. The van der Waals surface area contributed by atoms with Gasteiger partial charge < -0.3 is 9.84 Å². The third kappa shape index (κ3) is 4.55. The second-order valence-corrected chi connectivity index (χ2v) is 6.72. The van der Waals surface area contributed by atoms with E-state index in [2.05, 4.69) is 0 Å². The molecule has 3 aromatic rings. The van der Waals surface area contributed by atoms with Crippen LogP contribution in [0.2, 0.25) is 0 Å². The highest BCUT2D eigenvalue weighted by Gasteiger charge is 2.35. The number of rotatable bonds is 7. The largest absolute Gasteiger partial charge is 0.497 e. The first kappa shape index (κ1) is 23.5. The summed E-state index contributed by atoms with van der Waals surface area (Å²) in [7, 11) is 1.33. The molecule has 0 saturated heterocycles. The van der Waals surface area contributed by atoms with Crippen molar-refractivity contribution in [3.63, 3.8) is 0 Å². The van der Waals surface area contributed by atoms with Gasteiger partial charge in [0.1, 0.15) is 11.3 Å². The number of hydrogen-bond acceptors (Lipinski definition) is 8. The van der Waals surface area contributed by atoms with Gasteiger partial charge in [0.05, 0.1) is 28.2 Å². The van der Waals surface area contributed by atoms with Crippen molar-refractivity contribution in [3.05, 3.63) is 104 Å². The quantitative estimate of drug-likeness (QED) is 0.310. The Morgan fingerprint density at radius 3 is 2.18 bits per heavy atom. The summed E-state index contributed by atoms with van der Waals surface area (Å²) in [6, 6.07) is 13.1. The molecule has 0 aliphatic rings. The fourth-order valence-corrected chi connectivity index (χ4v) is 3.16. The molecule has 0 fully saturated rings. The Bertz CT molecular complexity index is 1300. The zero-order valence-corrected chi connectivity index (χ0v) is 17.4. The minimum atomic E-state index is -1.62. The van der Waals surface area contributed by atoms with E-state index >= 15 is 0 Å². The lowest BCUT2D eigenvalue weighted by atomic mass is 10.0. The van der Waals surface area contributed by atoms with Gasteiger partial charge in [0.15, 0.2) is 0 Å². The van der Waals surface area contributed by atoms with E-state index in [1.54, 1.807) is 0 Å². The highest BCUT2D eigenvalue weighted by Crippen LogP contribution is 2.30. The summed E-state index contributed by atoms with van der Waals surface area (Å²) in [5.74, 6) is -3.78. The van der Waals surface area contributed by atoms with E-state index in [4.69, 9.17) is 4.74 Å². The fraction of sp³-hybridized carbons (Fsp3) is 0.0455. The van der Waals surface area contributed by atoms with E-state index in [0.717, 1.165) is 30.3 Å². The Morgan fingerprint density at radius 1 is 0.882 bits per heavy atom. The first-order chi connectivity index (χ1) is 16.1. The van der Waals surface area contributed by atoms with Crippen LogP contribution >= 0.6 is 0 Å². The number of methoxy groups -OCH3 is 1. The molecular weight excluding hydrogens is 450 g/mol. The van der Waals surface area contributed by atoms with Crippen molar-refractivity contribution in [2.24, 2.45) is 0 Å². The molecule has 0 aliphatic carbocycles. The molecule has 2 amide bonds. The molecule has 3 rings (SSSR count). The molecule has 34 heavy (non-hydrogen) atoms. The minimum Gasteiger partial charge on any atom is -0.497 e. The van der Waals surface area contributed by atoms with Crippen LogP contribution in [-0.2, 0) is 0 Å². The number of hydrogen-bond donors (Lipinski definition) is 1. The number of amides is 2. The van der Waals surface area contributed by atoms with Gasteiger partial charge in [-0.3, -0.25) is 29.8 Å². The SMILES string of the molecule is COc1cccc(N(C(=O)c2cccc([N+](=O)[O-])c2)C(=O)c2c(C(=O)O)cccc2[N+](=O)[O-])c1. The molecule has 1 N–H and O–H groups in total. The number of imide groups is 1. The number of aromatic carboxylic acids is 1. The Balaban J connectivity index is 2.27. The molecular formula is C22H15N3O9. The van der Waals surface area contributed by atoms with E-state index in [0.29, 0.717) is 4.90 Å². The number of non-ortho nitro benzene ring substituents is 1. The lowest BCUT2D eigenvalue weighted by Gasteiger charge is -2.22. The average molecular weight is 465 g/mol. The summed E-state index contributed by atoms with van der Waals surface area (Å²) in [6.45, 7) is 0. The molecule has 3 aromatic carbocycles. The fourth-order valence-electron chi connectivity index (χ4n) is 3.16. The summed E-state index contributed by atoms with van der Waals surface area (Å²) in [6.07, 6.45) is 0. The zero-order valence-electron chi connectivity index (χ0n) is 17.4. The maximum atomic E-state index is 13.6. The molecule has 0 radical (unpaired) electrons. The number of anilines is 1. The summed E-state index contributed by atoms with van der Waals surface area (Å²) < 4.78 is 5.11. The van der Waals surface area contributed by atoms with E-state index in [1.807, 2.05) is 0 Å². The van der Waals surface area contributed by atoms with Crippen LogP contribution in [0.3, 0.4) is 0 Å². The molecule has 0 saturated carbocycles. The van der Waals surface area contributed by atoms with Gasteiger partial charge in [-0.05, 0) is 24.3 Å². The van der Waals surface area contributed by atoms with Crippen LogP contribution in [0.5, 0.6) is 5.75 Å². The van der Waals surface area contributed by atoms with Crippen LogP contribution in [0.4, 0.5) is 17.1 Å². The minimum absolute atomic E-state index is 0.102. The Morgan fingerprint density at radius 2 is 1.56 bits per heavy atom. The molecule has 0 unspecified atom stereocenters. The van der Waals surface area contributed by atoms with Crippen molar-refractivity contribution in [1.82, 2.24) is 0 Å². The summed E-state index contributed by atoms with van der Waals surface area (Å²) in [5.41, 5.74) is -3.16. The van der Waals surface area contributed by atoms with Gasteiger partial charge in [-0.25, -0.2) is 9.69 Å². The van der Waals surface area contributed by atoms with Crippen LogP contribution in [0.15, 0.2) is 66.7 Å². The standard InChI is InChI=1S/C22H15N3O9/c1-34-16-8-3-6-14(12-16)23(20(26)13-5-2-7-15(11-13)24(30)31)21(27)19-17(22(28)29)9-4-10-18(19)25(32)33/h2-12H,1H3,(H,28,29). The number of ether oxygens (including phenoxy) is 1. The number of nitro benzene ring substituents is 2. The average Bonchev–Trinajstić information content (AvgIpc) is 2.83. The smallest absolute Gasteiger partial charge is 0.336 e. The van der Waals surface area contributed by atoms with E-state index in [9.17, 15) is 39.7 Å². The molecule has 0 bridgehead atoms. The number of carbonyl (C=O) groups excluding carboxylic acids is 2. The lowest BCUT2D eigenvalue weighted by molar-refractivity contribution is -0.385. The predicted octanol–water partition coefficient (Wildman–Crippen LogP) is 3.70. The first-order valence-electron chi connectivity index (χ1n) is 9.43. The monoisotopic (exact) mass is 465 g/mol. The van der Waals surface area contributed by atoms with Crippen molar-refractivity contribution in [1.29, 1.82) is 0 Å². The molecule has 0 aromatic heterocycles. The van der Waals surface area contributed by atoms with Gasteiger partial charge in [0.2, 0.25) is 0 Å². The topological polar surface area (TPSA) is 170 Å². The van der Waals surface area contributed by atoms with E-state index in [-0.39, 0.29) is 17.0 Å². The lowest BCUT2D eigenvalue weighted by Crippen LogP contribution is -2.38. The molecule has 0 atom stereocenters. The van der Waals surface area contributed by atoms with Crippen molar-refractivity contribution >= 4 is 34.8 Å². The van der Waals surface area contributed by atoms with Crippen LogP contribution < -0.4 is 9.64 Å². The summed E-state index contributed by atoms with van der Waals surface area (Å²) in [4.78, 5) is 60.3. The van der Waals surface area contributed by atoms with Gasteiger partial charge >= 0.3 is 5.97 Å². The Kier molecular flexibility index (Phi) is 6.62. The van der Waals surface area contributed by atoms with Crippen LogP contribution in [0, 0.1) is 20.2 Å². The van der Waals surface area contributed by atoms with Crippen molar-refractivity contribution in [3.8, 4) is 5.75 Å². The second-order valence-electron chi connectivity index (χ2n) is 6.72. The van der Waals surface area contributed by atoms with Crippen molar-refractivity contribution in [2.75, 3.05) is 12.0 Å². The van der Waals surface area contributed by atoms with Crippen molar-refractivity contribution in [2.45, 2.75) is 0 Å². The van der Waals surface area contributed by atoms with Gasteiger partial charge in [-0.2, -0.15) is 0 Å². The third-order valence-corrected chi connectivity index (χ3v) is 4.71. The number of nitro groups is 2. The highest BCUT2D eigenvalue weighted by molar-refractivity contribution is 6.28. The van der Waals surface area contributed by atoms with E-state index < -0.39 is 50.1 Å². The number of carbonyl (C=O) groups is 3. The van der Waals surface area contributed by atoms with Crippen LogP contribution in [0.1, 0.15) is 31.1 Å². The molecule has 12 nitrogen and oxygen atoms in total. The van der Waals surface area contributed by atoms with Gasteiger partial charge in [0.25, 0.3) is 23.2 Å². The Labute approximate surface area is 190 Å². The van der Waals surface area contributed by atoms with E-state index in [1.165, 1.54) is 43.5 Å². The van der Waals surface area contributed by atoms with Gasteiger partial charge in [-0.15, -0.1) is 0 Å². The first-order valence-corrected chi connectivity index (χ1v) is 9.43. The third-order valence-electron chi connectivity index (χ3n) is 4.71. The number of carboxylic acid groups (broad SMARTS) is 1. The molecule has 0 aliphatic heterocycles. The molecule has 0 spiro atoms. The predicted molar refractivity (Wildman–Crippen MR) is 117 cm³/mol. The Hall–Kier alpha value is -5.13. The molecule has 172 valence electrons. The number of carboxylic acids is 1. The molecule has 0 heterocycles.